The number of aromatic nitrogens is 1. The van der Waals surface area contributed by atoms with Gasteiger partial charge in [0.25, 0.3) is 17.6 Å². The van der Waals surface area contributed by atoms with Crippen LogP contribution < -0.4 is 10.6 Å². The molecule has 8 heteroatoms. The first-order chi connectivity index (χ1) is 15.5. The zero-order valence-electron chi connectivity index (χ0n) is 19.6. The van der Waals surface area contributed by atoms with E-state index >= 15 is 0 Å². The number of ketones is 1. The number of piperidine rings is 1. The number of amides is 2. The Morgan fingerprint density at radius 2 is 1.76 bits per heavy atom. The molecule has 174 valence electrons. The smallest absolute Gasteiger partial charge is 0.294 e. The molecule has 0 spiro atoms. The number of hydrogen-bond donors (Lipinski definition) is 2. The molecule has 2 amide bonds. The molecule has 33 heavy (non-hydrogen) atoms. The molecule has 1 saturated carbocycles. The number of carbonyl (C=O) groups excluding carboxylic acids is 3. The van der Waals surface area contributed by atoms with Gasteiger partial charge in [0.1, 0.15) is 5.82 Å². The van der Waals surface area contributed by atoms with Crippen LogP contribution in [-0.4, -0.2) is 46.2 Å². The zero-order valence-corrected chi connectivity index (χ0v) is 19.6. The van der Waals surface area contributed by atoms with E-state index in [0.29, 0.717) is 39.9 Å². The average molecular weight is 453 g/mol. The Bertz CT molecular complexity index is 1190. The lowest BCUT2D eigenvalue weighted by Gasteiger charge is -2.21. The number of benzene rings is 1. The van der Waals surface area contributed by atoms with Crippen LogP contribution in [0.4, 0.5) is 10.1 Å². The van der Waals surface area contributed by atoms with E-state index in [-0.39, 0.29) is 17.6 Å². The van der Waals surface area contributed by atoms with Gasteiger partial charge >= 0.3 is 0 Å². The van der Waals surface area contributed by atoms with Crippen molar-refractivity contribution in [1.82, 2.24) is 14.8 Å². The second-order valence-electron chi connectivity index (χ2n) is 9.21. The van der Waals surface area contributed by atoms with Crippen molar-refractivity contribution in [2.45, 2.75) is 33.7 Å². The molecule has 2 fully saturated rings. The summed E-state index contributed by atoms with van der Waals surface area (Å²) in [5.41, 5.74) is 3.42. The molecule has 1 aliphatic heterocycles. The van der Waals surface area contributed by atoms with Gasteiger partial charge in [-0.15, -0.1) is 0 Å². The Balaban J connectivity index is 1.48. The fourth-order valence-corrected chi connectivity index (χ4v) is 4.93. The molecule has 7 nitrogen and oxygen atoms in total. The molecule has 4 rings (SSSR count). The topological polar surface area (TPSA) is 83.4 Å². The minimum absolute atomic E-state index is 0.00297. The van der Waals surface area contributed by atoms with Gasteiger partial charge in [0, 0.05) is 55.1 Å². The summed E-state index contributed by atoms with van der Waals surface area (Å²) in [6, 6.07) is 4.32. The first-order valence-electron chi connectivity index (χ1n) is 11.0. The molecular weight excluding hydrogens is 423 g/mol. The van der Waals surface area contributed by atoms with Gasteiger partial charge in [-0.3, -0.25) is 14.4 Å². The highest BCUT2D eigenvalue weighted by Gasteiger charge is 2.56. The predicted octanol–water partition coefficient (Wildman–Crippen LogP) is 3.10. The number of likely N-dealkylation sites (tertiary alicyclic amines) is 1. The van der Waals surface area contributed by atoms with Crippen molar-refractivity contribution in [3.05, 3.63) is 64.4 Å². The highest BCUT2D eigenvalue weighted by atomic mass is 19.1. The molecule has 1 aromatic carbocycles. The maximum absolute atomic E-state index is 13.5. The molecule has 1 aliphatic carbocycles. The Kier molecular flexibility index (Phi) is 5.64. The van der Waals surface area contributed by atoms with Crippen LogP contribution in [0.3, 0.4) is 0 Å². The second kappa shape index (κ2) is 8.17. The largest absolute Gasteiger partial charge is 0.375 e. The number of halogens is 1. The van der Waals surface area contributed by atoms with Crippen molar-refractivity contribution >= 4 is 23.3 Å². The lowest BCUT2D eigenvalue weighted by atomic mass is 10.1. The lowest BCUT2D eigenvalue weighted by molar-refractivity contribution is -0.117. The molecule has 2 aliphatic rings. The number of fused-ring (bicyclic) bond motifs is 1. The third-order valence-corrected chi connectivity index (χ3v) is 7.03. The molecule has 2 heterocycles. The third kappa shape index (κ3) is 3.94. The Hall–Kier alpha value is -3.42. The van der Waals surface area contributed by atoms with Gasteiger partial charge in [-0.25, -0.2) is 4.39 Å². The van der Waals surface area contributed by atoms with Crippen molar-refractivity contribution in [2.24, 2.45) is 18.9 Å². The van der Waals surface area contributed by atoms with Crippen LogP contribution in [0.25, 0.3) is 0 Å². The van der Waals surface area contributed by atoms with Crippen molar-refractivity contribution in [2.75, 3.05) is 18.4 Å². The van der Waals surface area contributed by atoms with Crippen molar-refractivity contribution in [3.63, 3.8) is 0 Å². The van der Waals surface area contributed by atoms with Crippen LogP contribution in [-0.2, 0) is 11.8 Å². The molecule has 2 aromatic rings. The third-order valence-electron chi connectivity index (χ3n) is 7.03. The Morgan fingerprint density at radius 1 is 1.12 bits per heavy atom. The normalized spacial score (nSPS) is 20.9. The number of anilines is 1. The summed E-state index contributed by atoms with van der Waals surface area (Å²) in [6.45, 7) is 12.6. The summed E-state index contributed by atoms with van der Waals surface area (Å²) >= 11 is 0. The molecule has 1 saturated heterocycles. The van der Waals surface area contributed by atoms with E-state index in [1.807, 2.05) is 6.92 Å². The molecule has 0 radical (unpaired) electrons. The predicted molar refractivity (Wildman–Crippen MR) is 124 cm³/mol. The van der Waals surface area contributed by atoms with E-state index in [9.17, 15) is 18.8 Å². The van der Waals surface area contributed by atoms with E-state index in [0.717, 1.165) is 18.8 Å². The summed E-state index contributed by atoms with van der Waals surface area (Å²) in [4.78, 5) is 41.0. The highest BCUT2D eigenvalue weighted by molar-refractivity contribution is 6.43. The van der Waals surface area contributed by atoms with Crippen LogP contribution in [0.15, 0.2) is 30.5 Å². The standard InChI is InChI=1S/C25H29FN4O3/c1-12(2)30-10-17-18(11-30)21(17)28-25(33)23(31)22-14(4)20(15(5)29(22)6)24(32)27-16-7-8-19(26)13(3)9-16/h7-9,17-18,21H,1,10-11H2,2-6H3,(H,27,32)(H,28,33)/t17-,18+,21?. The van der Waals surface area contributed by atoms with Crippen molar-refractivity contribution in [1.29, 1.82) is 0 Å². The van der Waals surface area contributed by atoms with Crippen LogP contribution >= 0.6 is 0 Å². The first kappa shape index (κ1) is 22.8. The number of carbonyl (C=O) groups is 3. The quantitative estimate of drug-likeness (QED) is 0.521. The van der Waals surface area contributed by atoms with Crippen molar-refractivity contribution in [3.8, 4) is 0 Å². The second-order valence-corrected chi connectivity index (χ2v) is 9.21. The molecule has 1 unspecified atom stereocenters. The van der Waals surface area contributed by atoms with Gasteiger partial charge in [-0.05, 0) is 57.0 Å². The number of nitrogens with one attached hydrogen (secondary N) is 2. The Morgan fingerprint density at radius 3 is 2.33 bits per heavy atom. The fraction of sp³-hybridized carbons (Fsp3) is 0.400. The fourth-order valence-electron chi connectivity index (χ4n) is 4.93. The van der Waals surface area contributed by atoms with E-state index in [4.69, 9.17) is 0 Å². The van der Waals surface area contributed by atoms with E-state index < -0.39 is 17.6 Å². The highest BCUT2D eigenvalue weighted by Crippen LogP contribution is 2.46. The van der Waals surface area contributed by atoms with Gasteiger partial charge < -0.3 is 20.1 Å². The van der Waals surface area contributed by atoms with Crippen LogP contribution in [0, 0.1) is 38.4 Å². The minimum Gasteiger partial charge on any atom is -0.375 e. The maximum Gasteiger partial charge on any atom is 0.294 e. The minimum atomic E-state index is -0.656. The SMILES string of the molecule is C=C(C)N1C[C@@H]2C(NC(=O)C(=O)c3c(C)c(C(=O)Nc4ccc(F)c(C)c4)c(C)n3C)[C@@H]2C1. The van der Waals surface area contributed by atoms with Gasteiger partial charge in [-0.2, -0.15) is 0 Å². The monoisotopic (exact) mass is 452 g/mol. The number of hydrogen-bond acceptors (Lipinski definition) is 4. The van der Waals surface area contributed by atoms with Gasteiger partial charge in [-0.1, -0.05) is 6.58 Å². The summed E-state index contributed by atoms with van der Waals surface area (Å²) < 4.78 is 15.1. The lowest BCUT2D eigenvalue weighted by Crippen LogP contribution is -2.38. The molecule has 2 N–H and O–H groups in total. The van der Waals surface area contributed by atoms with E-state index in [1.54, 1.807) is 38.5 Å². The number of Topliss-reactive ketones (excluding diaryl/α,β-unsaturated/α-hetero) is 1. The summed E-state index contributed by atoms with van der Waals surface area (Å²) in [5.74, 6) is -1.39. The molecule has 0 bridgehead atoms. The number of aryl methyl sites for hydroxylation is 1. The van der Waals surface area contributed by atoms with Crippen LogP contribution in [0.1, 0.15) is 44.6 Å². The first-order valence-corrected chi connectivity index (χ1v) is 11.0. The van der Waals surface area contributed by atoms with Crippen LogP contribution in [0.5, 0.6) is 0 Å². The molecular formula is C25H29FN4O3. The van der Waals surface area contributed by atoms with Crippen molar-refractivity contribution < 1.29 is 18.8 Å². The number of rotatable bonds is 6. The zero-order chi connectivity index (χ0) is 24.2. The van der Waals surface area contributed by atoms with Crippen LogP contribution in [0.2, 0.25) is 0 Å². The van der Waals surface area contributed by atoms with Gasteiger partial charge in [0.2, 0.25) is 0 Å². The maximum atomic E-state index is 13.5. The molecule has 1 aromatic heterocycles. The average Bonchev–Trinajstić information content (AvgIpc) is 3.07. The number of nitrogens with zero attached hydrogens (tertiary/aromatic N) is 2. The van der Waals surface area contributed by atoms with E-state index in [2.05, 4.69) is 22.1 Å². The van der Waals surface area contributed by atoms with Gasteiger partial charge in [0.15, 0.2) is 0 Å². The summed E-state index contributed by atoms with van der Waals surface area (Å²) in [6.07, 6.45) is 0. The molecule has 3 atom stereocenters. The number of allylic oxidation sites excluding steroid dienone is 1. The summed E-state index contributed by atoms with van der Waals surface area (Å²) in [5, 5.41) is 5.64. The van der Waals surface area contributed by atoms with E-state index in [1.165, 1.54) is 12.1 Å². The van der Waals surface area contributed by atoms with Gasteiger partial charge in [0.05, 0.1) is 11.3 Å². The summed E-state index contributed by atoms with van der Waals surface area (Å²) in [7, 11) is 1.66. The Labute approximate surface area is 192 Å².